The summed E-state index contributed by atoms with van der Waals surface area (Å²) in [6.07, 6.45) is 1.49. The molecule has 1 rings (SSSR count). The lowest BCUT2D eigenvalue weighted by atomic mass is 10.2. The van der Waals surface area contributed by atoms with Crippen LogP contribution in [0.4, 0.5) is 0 Å². The summed E-state index contributed by atoms with van der Waals surface area (Å²) < 4.78 is 5.72. The van der Waals surface area contributed by atoms with Crippen molar-refractivity contribution in [1.29, 1.82) is 0 Å². The standard InChI is InChI=1S/C9H11BrN2O2/c1-12(2)9(13)6-5-11-8(10)4-7(6)14-3/h4-5H,1-3H3. The van der Waals surface area contributed by atoms with Crippen LogP contribution in [0.1, 0.15) is 10.4 Å². The highest BCUT2D eigenvalue weighted by Crippen LogP contribution is 2.21. The molecule has 4 nitrogen and oxygen atoms in total. The Bertz CT molecular complexity index is 353. The molecule has 1 amide bonds. The normalized spacial score (nSPS) is 9.71. The Morgan fingerprint density at radius 2 is 2.21 bits per heavy atom. The smallest absolute Gasteiger partial charge is 0.258 e. The van der Waals surface area contributed by atoms with Crippen LogP contribution in [0.3, 0.4) is 0 Å². The van der Waals surface area contributed by atoms with Gasteiger partial charge in [0, 0.05) is 26.4 Å². The van der Waals surface area contributed by atoms with Crippen LogP contribution in [0.5, 0.6) is 5.75 Å². The Kier molecular flexibility index (Phi) is 3.46. The molecule has 14 heavy (non-hydrogen) atoms. The highest BCUT2D eigenvalue weighted by Gasteiger charge is 2.14. The highest BCUT2D eigenvalue weighted by atomic mass is 79.9. The van der Waals surface area contributed by atoms with Crippen LogP contribution >= 0.6 is 15.9 Å². The zero-order valence-corrected chi connectivity index (χ0v) is 9.83. The van der Waals surface area contributed by atoms with Crippen molar-refractivity contribution in [1.82, 2.24) is 9.88 Å². The number of ether oxygens (including phenoxy) is 1. The predicted molar refractivity (Wildman–Crippen MR) is 56.5 cm³/mol. The number of carbonyl (C=O) groups excluding carboxylic acids is 1. The number of hydrogen-bond acceptors (Lipinski definition) is 3. The van der Waals surface area contributed by atoms with Crippen molar-refractivity contribution in [2.75, 3.05) is 21.2 Å². The third kappa shape index (κ3) is 2.23. The molecule has 0 aromatic carbocycles. The molecule has 0 N–H and O–H groups in total. The quantitative estimate of drug-likeness (QED) is 0.757. The Hall–Kier alpha value is -1.10. The maximum atomic E-state index is 11.6. The Labute approximate surface area is 91.0 Å². The van der Waals surface area contributed by atoms with Gasteiger partial charge in [0.05, 0.1) is 12.7 Å². The average Bonchev–Trinajstić information content (AvgIpc) is 2.16. The first-order valence-electron chi connectivity index (χ1n) is 3.97. The molecule has 0 saturated carbocycles. The van der Waals surface area contributed by atoms with E-state index in [9.17, 15) is 4.79 Å². The van der Waals surface area contributed by atoms with E-state index in [1.54, 1.807) is 20.2 Å². The molecule has 0 aliphatic rings. The molecule has 0 atom stereocenters. The van der Waals surface area contributed by atoms with E-state index in [0.29, 0.717) is 15.9 Å². The molecule has 0 unspecified atom stereocenters. The van der Waals surface area contributed by atoms with Crippen LogP contribution in [0.15, 0.2) is 16.9 Å². The molecular formula is C9H11BrN2O2. The molecule has 0 bridgehead atoms. The summed E-state index contributed by atoms with van der Waals surface area (Å²) in [5.41, 5.74) is 0.459. The predicted octanol–water partition coefficient (Wildman–Crippen LogP) is 1.55. The fourth-order valence-electron chi connectivity index (χ4n) is 0.983. The number of nitrogens with zero attached hydrogens (tertiary/aromatic N) is 2. The summed E-state index contributed by atoms with van der Waals surface area (Å²) in [7, 11) is 4.89. The molecule has 0 fully saturated rings. The van der Waals surface area contributed by atoms with Gasteiger partial charge in [-0.15, -0.1) is 0 Å². The van der Waals surface area contributed by atoms with Crippen LogP contribution in [-0.2, 0) is 0 Å². The van der Waals surface area contributed by atoms with Crippen molar-refractivity contribution in [2.24, 2.45) is 0 Å². The van der Waals surface area contributed by atoms with Crippen molar-refractivity contribution in [3.63, 3.8) is 0 Å². The molecule has 0 radical (unpaired) electrons. The third-order valence-electron chi connectivity index (χ3n) is 1.69. The van der Waals surface area contributed by atoms with Crippen molar-refractivity contribution < 1.29 is 9.53 Å². The summed E-state index contributed by atoms with van der Waals surface area (Å²) in [4.78, 5) is 17.1. The van der Waals surface area contributed by atoms with Gasteiger partial charge in [-0.05, 0) is 15.9 Å². The molecular weight excluding hydrogens is 248 g/mol. The van der Waals surface area contributed by atoms with Gasteiger partial charge in [-0.2, -0.15) is 0 Å². The molecule has 0 aliphatic heterocycles. The van der Waals surface area contributed by atoms with Crippen molar-refractivity contribution in [2.45, 2.75) is 0 Å². The van der Waals surface area contributed by atoms with Crippen LogP contribution < -0.4 is 4.74 Å². The van der Waals surface area contributed by atoms with E-state index in [2.05, 4.69) is 20.9 Å². The van der Waals surface area contributed by atoms with E-state index in [0.717, 1.165) is 0 Å². The van der Waals surface area contributed by atoms with Gasteiger partial charge in [-0.3, -0.25) is 4.79 Å². The molecule has 76 valence electrons. The average molecular weight is 259 g/mol. The minimum atomic E-state index is -0.123. The van der Waals surface area contributed by atoms with Gasteiger partial charge in [0.1, 0.15) is 10.4 Å². The molecule has 1 aromatic heterocycles. The summed E-state index contributed by atoms with van der Waals surface area (Å²) in [5.74, 6) is 0.396. The van der Waals surface area contributed by atoms with E-state index in [-0.39, 0.29) is 5.91 Å². The van der Waals surface area contributed by atoms with Crippen LogP contribution in [-0.4, -0.2) is 37.0 Å². The number of aromatic nitrogens is 1. The minimum Gasteiger partial charge on any atom is -0.496 e. The minimum absolute atomic E-state index is 0.123. The molecule has 0 spiro atoms. The number of carbonyl (C=O) groups is 1. The van der Waals surface area contributed by atoms with E-state index >= 15 is 0 Å². The number of halogens is 1. The van der Waals surface area contributed by atoms with E-state index in [1.165, 1.54) is 18.2 Å². The van der Waals surface area contributed by atoms with Gasteiger partial charge >= 0.3 is 0 Å². The highest BCUT2D eigenvalue weighted by molar-refractivity contribution is 9.10. The molecule has 5 heteroatoms. The second-order valence-electron chi connectivity index (χ2n) is 2.91. The lowest BCUT2D eigenvalue weighted by Crippen LogP contribution is -2.22. The van der Waals surface area contributed by atoms with Crippen molar-refractivity contribution >= 4 is 21.8 Å². The summed E-state index contributed by atoms with van der Waals surface area (Å²) in [6.45, 7) is 0. The fourth-order valence-corrected chi connectivity index (χ4v) is 1.29. The third-order valence-corrected chi connectivity index (χ3v) is 2.12. The second-order valence-corrected chi connectivity index (χ2v) is 3.72. The van der Waals surface area contributed by atoms with Gasteiger partial charge in [0.15, 0.2) is 0 Å². The van der Waals surface area contributed by atoms with Gasteiger partial charge in [0.25, 0.3) is 5.91 Å². The molecule has 1 heterocycles. The summed E-state index contributed by atoms with van der Waals surface area (Å²) in [5, 5.41) is 0. The van der Waals surface area contributed by atoms with E-state index < -0.39 is 0 Å². The Morgan fingerprint density at radius 1 is 1.57 bits per heavy atom. The summed E-state index contributed by atoms with van der Waals surface area (Å²) >= 11 is 3.21. The zero-order valence-electron chi connectivity index (χ0n) is 8.24. The fraction of sp³-hybridized carbons (Fsp3) is 0.333. The van der Waals surface area contributed by atoms with Gasteiger partial charge < -0.3 is 9.64 Å². The first-order valence-corrected chi connectivity index (χ1v) is 4.76. The first-order chi connectivity index (χ1) is 6.56. The molecule has 0 saturated heterocycles. The molecule has 1 aromatic rings. The number of methoxy groups -OCH3 is 1. The van der Waals surface area contributed by atoms with E-state index in [4.69, 9.17) is 4.74 Å². The molecule has 0 aliphatic carbocycles. The van der Waals surface area contributed by atoms with Crippen molar-refractivity contribution in [3.8, 4) is 5.75 Å². The van der Waals surface area contributed by atoms with Gasteiger partial charge in [-0.25, -0.2) is 4.98 Å². The van der Waals surface area contributed by atoms with Gasteiger partial charge in [-0.1, -0.05) is 0 Å². The maximum absolute atomic E-state index is 11.6. The Balaban J connectivity index is 3.14. The maximum Gasteiger partial charge on any atom is 0.258 e. The SMILES string of the molecule is COc1cc(Br)ncc1C(=O)N(C)C. The largest absolute Gasteiger partial charge is 0.496 e. The van der Waals surface area contributed by atoms with Crippen LogP contribution in [0, 0.1) is 0 Å². The Morgan fingerprint density at radius 3 is 2.71 bits per heavy atom. The number of rotatable bonds is 2. The number of pyridine rings is 1. The number of amides is 1. The lowest BCUT2D eigenvalue weighted by molar-refractivity contribution is 0.0824. The topological polar surface area (TPSA) is 42.4 Å². The van der Waals surface area contributed by atoms with Crippen molar-refractivity contribution in [3.05, 3.63) is 22.4 Å². The second kappa shape index (κ2) is 4.41. The van der Waals surface area contributed by atoms with E-state index in [1.807, 2.05) is 0 Å². The van der Waals surface area contributed by atoms with Crippen LogP contribution in [0.2, 0.25) is 0 Å². The lowest BCUT2D eigenvalue weighted by Gasteiger charge is -2.12. The number of hydrogen-bond donors (Lipinski definition) is 0. The van der Waals surface area contributed by atoms with Gasteiger partial charge in [0.2, 0.25) is 0 Å². The zero-order chi connectivity index (χ0) is 10.7. The monoisotopic (exact) mass is 258 g/mol. The van der Waals surface area contributed by atoms with Crippen LogP contribution in [0.25, 0.3) is 0 Å². The first kappa shape index (κ1) is 11.0. The summed E-state index contributed by atoms with van der Waals surface area (Å²) in [6, 6.07) is 1.66.